The lowest BCUT2D eigenvalue weighted by atomic mass is 9.83. The molecule has 1 unspecified atom stereocenters. The molecule has 1 N–H and O–H groups in total. The molecule has 4 nitrogen and oxygen atoms in total. The van der Waals surface area contributed by atoms with Crippen LogP contribution < -0.4 is 9.46 Å². The quantitative estimate of drug-likeness (QED) is 0.206. The molecule has 0 radical (unpaired) electrons. The molecule has 2 atom stereocenters. The van der Waals surface area contributed by atoms with Gasteiger partial charge < -0.3 is 4.74 Å². The fourth-order valence-electron chi connectivity index (χ4n) is 3.21. The van der Waals surface area contributed by atoms with Crippen molar-refractivity contribution in [1.82, 2.24) is 4.72 Å². The SMILES string of the molecule is Cc1ccc(C(=O)C[C@](NS(=O)C(C)(C)C)(c2ccc(OCCCC(F)(F)F)cc2)C(F)(F)F)cc1. The standard InChI is InChI=1S/C25H29F6NO3S/c1-17-6-8-18(9-7-17)21(33)16-23(25(29,30)31,32-36(34)22(2,3)4)19-10-12-20(13-11-19)35-15-5-14-24(26,27)28/h6-13,32H,5,14-16H2,1-4H3/t23-,36?/m0/s1. The molecule has 11 heteroatoms. The van der Waals surface area contributed by atoms with Crippen LogP contribution in [0.15, 0.2) is 48.5 Å². The Kier molecular flexibility index (Phi) is 9.39. The number of carbonyl (C=O) groups excluding carboxylic acids is 1. The highest BCUT2D eigenvalue weighted by Gasteiger charge is 2.58. The molecule has 0 bridgehead atoms. The van der Waals surface area contributed by atoms with Gasteiger partial charge in [0.25, 0.3) is 0 Å². The second kappa shape index (κ2) is 11.3. The molecule has 0 aromatic heterocycles. The van der Waals surface area contributed by atoms with Gasteiger partial charge in [0.15, 0.2) is 11.3 Å². The van der Waals surface area contributed by atoms with E-state index in [1.807, 2.05) is 0 Å². The number of aryl methyl sites for hydroxylation is 1. The summed E-state index contributed by atoms with van der Waals surface area (Å²) in [4.78, 5) is 13.0. The molecule has 2 aromatic carbocycles. The third-order valence-electron chi connectivity index (χ3n) is 5.33. The fraction of sp³-hybridized carbons (Fsp3) is 0.480. The molecule has 0 aliphatic heterocycles. The first-order valence-corrected chi connectivity index (χ1v) is 12.3. The number of ether oxygens (including phenoxy) is 1. The summed E-state index contributed by atoms with van der Waals surface area (Å²) in [5, 5.41) is 0. The van der Waals surface area contributed by atoms with Gasteiger partial charge in [-0.1, -0.05) is 42.0 Å². The summed E-state index contributed by atoms with van der Waals surface area (Å²) in [5.74, 6) is -0.739. The minimum atomic E-state index is -5.04. The Labute approximate surface area is 209 Å². The molecule has 0 amide bonds. The molecule has 36 heavy (non-hydrogen) atoms. The normalized spacial score (nSPS) is 15.3. The number of Topliss-reactive ketones (excluding diaryl/α,β-unsaturated/α-hetero) is 1. The lowest BCUT2D eigenvalue weighted by molar-refractivity contribution is -0.193. The Morgan fingerprint density at radius 1 is 0.917 bits per heavy atom. The van der Waals surface area contributed by atoms with Crippen molar-refractivity contribution in [3.63, 3.8) is 0 Å². The molecular formula is C25H29F6NO3S. The number of carbonyl (C=O) groups is 1. The van der Waals surface area contributed by atoms with Gasteiger partial charge in [0.05, 0.1) is 22.3 Å². The van der Waals surface area contributed by atoms with Crippen LogP contribution in [0.25, 0.3) is 0 Å². The third kappa shape index (κ3) is 8.06. The van der Waals surface area contributed by atoms with Gasteiger partial charge in [-0.2, -0.15) is 26.3 Å². The van der Waals surface area contributed by atoms with Gasteiger partial charge in [0.2, 0.25) is 0 Å². The molecule has 0 saturated heterocycles. The van der Waals surface area contributed by atoms with Gasteiger partial charge in [-0.3, -0.25) is 4.79 Å². The van der Waals surface area contributed by atoms with Gasteiger partial charge in [-0.15, -0.1) is 0 Å². The summed E-state index contributed by atoms with van der Waals surface area (Å²) in [5.41, 5.74) is -2.48. The maximum absolute atomic E-state index is 14.7. The third-order valence-corrected chi connectivity index (χ3v) is 6.97. The lowest BCUT2D eigenvalue weighted by Crippen LogP contribution is -2.58. The van der Waals surface area contributed by atoms with Gasteiger partial charge in [-0.05, 0) is 51.8 Å². The maximum atomic E-state index is 14.7. The minimum absolute atomic E-state index is 0.0683. The van der Waals surface area contributed by atoms with Crippen molar-refractivity contribution in [3.8, 4) is 5.75 Å². The van der Waals surface area contributed by atoms with E-state index >= 15 is 0 Å². The molecule has 0 fully saturated rings. The first-order chi connectivity index (χ1) is 16.4. The van der Waals surface area contributed by atoms with E-state index in [0.29, 0.717) is 0 Å². The van der Waals surface area contributed by atoms with Crippen LogP contribution in [0, 0.1) is 6.92 Å². The second-order valence-electron chi connectivity index (χ2n) is 9.44. The smallest absolute Gasteiger partial charge is 0.412 e. The summed E-state index contributed by atoms with van der Waals surface area (Å²) in [6.07, 6.45) is -11.8. The number of alkyl halides is 6. The minimum Gasteiger partial charge on any atom is -0.494 e. The first kappa shape index (κ1) is 29.8. The molecule has 2 rings (SSSR count). The number of benzene rings is 2. The van der Waals surface area contributed by atoms with Gasteiger partial charge in [-0.25, -0.2) is 8.93 Å². The molecule has 2 aromatic rings. The van der Waals surface area contributed by atoms with Crippen LogP contribution >= 0.6 is 0 Å². The number of hydrogen-bond acceptors (Lipinski definition) is 3. The second-order valence-corrected chi connectivity index (χ2v) is 11.4. The summed E-state index contributed by atoms with van der Waals surface area (Å²) in [7, 11) is -2.21. The van der Waals surface area contributed by atoms with E-state index in [9.17, 15) is 35.3 Å². The Bertz CT molecular complexity index is 1040. The van der Waals surface area contributed by atoms with Crippen molar-refractivity contribution in [2.24, 2.45) is 0 Å². The number of hydrogen-bond donors (Lipinski definition) is 1. The summed E-state index contributed by atoms with van der Waals surface area (Å²) < 4.78 is 100. The van der Waals surface area contributed by atoms with E-state index in [2.05, 4.69) is 4.72 Å². The van der Waals surface area contributed by atoms with Crippen molar-refractivity contribution >= 4 is 16.8 Å². The predicted octanol–water partition coefficient (Wildman–Crippen LogP) is 6.80. The van der Waals surface area contributed by atoms with E-state index in [1.54, 1.807) is 19.1 Å². The van der Waals surface area contributed by atoms with Crippen LogP contribution in [-0.4, -0.2) is 33.7 Å². The summed E-state index contributed by atoms with van der Waals surface area (Å²) >= 11 is 0. The number of halogens is 6. The zero-order valence-corrected chi connectivity index (χ0v) is 21.2. The molecule has 0 aliphatic rings. The van der Waals surface area contributed by atoms with Crippen LogP contribution in [0.4, 0.5) is 26.3 Å². The largest absolute Gasteiger partial charge is 0.494 e. The number of rotatable bonds is 10. The fourth-order valence-corrected chi connectivity index (χ4v) is 4.14. The van der Waals surface area contributed by atoms with Crippen molar-refractivity contribution in [2.75, 3.05) is 6.61 Å². The van der Waals surface area contributed by atoms with Crippen LogP contribution in [-0.2, 0) is 16.5 Å². The van der Waals surface area contributed by atoms with Crippen molar-refractivity contribution in [3.05, 3.63) is 65.2 Å². The van der Waals surface area contributed by atoms with E-state index < -0.39 is 52.2 Å². The molecular weight excluding hydrogens is 508 g/mol. The van der Waals surface area contributed by atoms with Crippen LogP contribution in [0.1, 0.15) is 61.5 Å². The predicted molar refractivity (Wildman–Crippen MR) is 126 cm³/mol. The molecule has 200 valence electrons. The average molecular weight is 538 g/mol. The van der Waals surface area contributed by atoms with Gasteiger partial charge >= 0.3 is 12.4 Å². The van der Waals surface area contributed by atoms with Crippen molar-refractivity contribution in [1.29, 1.82) is 0 Å². The number of ketones is 1. The monoisotopic (exact) mass is 537 g/mol. The van der Waals surface area contributed by atoms with E-state index in [4.69, 9.17) is 4.74 Å². The van der Waals surface area contributed by atoms with E-state index in [0.717, 1.165) is 17.7 Å². The Hall–Kier alpha value is -2.40. The highest BCUT2D eigenvalue weighted by atomic mass is 32.2. The van der Waals surface area contributed by atoms with Gasteiger partial charge in [0, 0.05) is 18.4 Å². The highest BCUT2D eigenvalue weighted by Crippen LogP contribution is 2.44. The van der Waals surface area contributed by atoms with Crippen LogP contribution in [0.3, 0.4) is 0 Å². The van der Waals surface area contributed by atoms with Crippen molar-refractivity contribution in [2.45, 2.75) is 69.6 Å². The zero-order chi connectivity index (χ0) is 27.4. The molecule has 0 spiro atoms. The highest BCUT2D eigenvalue weighted by molar-refractivity contribution is 7.84. The average Bonchev–Trinajstić information content (AvgIpc) is 2.75. The number of nitrogens with one attached hydrogen (secondary N) is 1. The van der Waals surface area contributed by atoms with Crippen LogP contribution in [0.2, 0.25) is 0 Å². The van der Waals surface area contributed by atoms with E-state index in [1.165, 1.54) is 45.0 Å². The first-order valence-electron chi connectivity index (χ1n) is 11.1. The Morgan fingerprint density at radius 3 is 1.94 bits per heavy atom. The molecule has 0 heterocycles. The zero-order valence-electron chi connectivity index (χ0n) is 20.3. The Balaban J connectivity index is 2.43. The van der Waals surface area contributed by atoms with Crippen molar-refractivity contribution < 1.29 is 40.1 Å². The summed E-state index contributed by atoms with van der Waals surface area (Å²) in [6, 6.07) is 10.6. The van der Waals surface area contributed by atoms with Gasteiger partial charge in [0.1, 0.15) is 5.75 Å². The summed E-state index contributed by atoms with van der Waals surface area (Å²) in [6.45, 7) is 5.99. The van der Waals surface area contributed by atoms with E-state index in [-0.39, 0.29) is 29.9 Å². The van der Waals surface area contributed by atoms with Crippen LogP contribution in [0.5, 0.6) is 5.75 Å². The lowest BCUT2D eigenvalue weighted by Gasteiger charge is -2.38. The Morgan fingerprint density at radius 2 is 1.47 bits per heavy atom. The molecule has 0 saturated carbocycles. The topological polar surface area (TPSA) is 55.4 Å². The molecule has 0 aliphatic carbocycles. The maximum Gasteiger partial charge on any atom is 0.412 e.